The Morgan fingerprint density at radius 2 is 2.64 bits per heavy atom. The molecule has 0 saturated carbocycles. The molecule has 58 valence electrons. The van der Waals surface area contributed by atoms with E-state index in [4.69, 9.17) is 12.3 Å². The Bertz CT molecular complexity index is 319. The zero-order valence-electron chi connectivity index (χ0n) is 5.70. The molecule has 3 N–H and O–H groups in total. The maximum Gasteiger partial charge on any atom is 0.282 e. The molecule has 5 heteroatoms. The fourth-order valence-corrected chi connectivity index (χ4v) is 0.591. The van der Waals surface area contributed by atoms with E-state index in [1.165, 1.54) is 6.07 Å². The lowest BCUT2D eigenvalue weighted by Crippen LogP contribution is -2.30. The first-order valence-corrected chi connectivity index (χ1v) is 2.88. The van der Waals surface area contributed by atoms with Crippen LogP contribution in [0.15, 0.2) is 15.4 Å². The Balaban J connectivity index is 2.78. The minimum Gasteiger partial charge on any atom is -0.359 e. The Morgan fingerprint density at radius 3 is 3.09 bits per heavy atom. The molecule has 0 saturated heterocycles. The second-order valence-corrected chi connectivity index (χ2v) is 1.88. The Kier molecular flexibility index (Phi) is 1.99. The lowest BCUT2D eigenvalue weighted by molar-refractivity contribution is 0.413. The van der Waals surface area contributed by atoms with Gasteiger partial charge in [-0.2, -0.15) is 5.16 Å². The van der Waals surface area contributed by atoms with Gasteiger partial charge in [-0.25, -0.2) is 5.84 Å². The van der Waals surface area contributed by atoms with Gasteiger partial charge < -0.3 is 4.52 Å². The predicted molar refractivity (Wildman–Crippen MR) is 39.7 cm³/mol. The molecule has 5 nitrogen and oxygen atoms in total. The second kappa shape index (κ2) is 2.94. The number of H-pyrrole nitrogens is 1. The third-order valence-corrected chi connectivity index (χ3v) is 1.06. The zero-order chi connectivity index (χ0) is 8.27. The number of nitrogens with zero attached hydrogens (tertiary/aromatic N) is 1. The van der Waals surface area contributed by atoms with Crippen LogP contribution in [-0.2, 0) is 0 Å². The molecule has 1 rings (SSSR count). The summed E-state index contributed by atoms with van der Waals surface area (Å²) in [6.07, 6.45) is 4.97. The van der Waals surface area contributed by atoms with Crippen LogP contribution in [0.3, 0.4) is 0 Å². The molecule has 0 bridgehead atoms. The van der Waals surface area contributed by atoms with E-state index in [1.54, 1.807) is 0 Å². The van der Waals surface area contributed by atoms with Crippen LogP contribution in [0.25, 0.3) is 0 Å². The Hall–Kier alpha value is -1.67. The van der Waals surface area contributed by atoms with Crippen LogP contribution in [0.4, 0.5) is 5.88 Å². The molecule has 1 aromatic rings. The number of nitrogens with one attached hydrogen (secondary N) is 1. The predicted octanol–water partition coefficient (Wildman–Crippen LogP) is -0.719. The van der Waals surface area contributed by atoms with Crippen LogP contribution < -0.4 is 16.4 Å². The van der Waals surface area contributed by atoms with Crippen molar-refractivity contribution in [3.63, 3.8) is 0 Å². The highest BCUT2D eigenvalue weighted by Gasteiger charge is 2.03. The first-order chi connectivity index (χ1) is 5.24. The van der Waals surface area contributed by atoms with Crippen molar-refractivity contribution in [1.82, 2.24) is 5.16 Å². The average molecular weight is 153 g/mol. The number of hydrazine groups is 1. The molecule has 0 amide bonds. The summed E-state index contributed by atoms with van der Waals surface area (Å²) in [6.45, 7) is 0.195. The first kappa shape index (κ1) is 7.44. The van der Waals surface area contributed by atoms with Gasteiger partial charge in [0.2, 0.25) is 5.88 Å². The summed E-state index contributed by atoms with van der Waals surface area (Å²) < 4.78 is 4.65. The highest BCUT2D eigenvalue weighted by atomic mass is 16.5. The van der Waals surface area contributed by atoms with Gasteiger partial charge in [0.1, 0.15) is 0 Å². The van der Waals surface area contributed by atoms with E-state index in [2.05, 4.69) is 15.6 Å². The number of anilines is 1. The van der Waals surface area contributed by atoms with Crippen molar-refractivity contribution in [2.75, 3.05) is 11.6 Å². The third kappa shape index (κ3) is 1.63. The molecular weight excluding hydrogens is 146 g/mol. The van der Waals surface area contributed by atoms with E-state index in [1.807, 2.05) is 0 Å². The number of rotatable bonds is 2. The molecule has 0 fully saturated rings. The van der Waals surface area contributed by atoms with Crippen LogP contribution in [0.1, 0.15) is 0 Å². The van der Waals surface area contributed by atoms with E-state index >= 15 is 0 Å². The van der Waals surface area contributed by atoms with Crippen molar-refractivity contribution in [3.8, 4) is 12.3 Å². The van der Waals surface area contributed by atoms with E-state index in [-0.39, 0.29) is 18.0 Å². The van der Waals surface area contributed by atoms with E-state index in [9.17, 15) is 4.79 Å². The van der Waals surface area contributed by atoms with Crippen LogP contribution >= 0.6 is 0 Å². The fraction of sp³-hybridized carbons (Fsp3) is 0.167. The van der Waals surface area contributed by atoms with E-state index in [0.29, 0.717) is 0 Å². The van der Waals surface area contributed by atoms with Crippen molar-refractivity contribution in [3.05, 3.63) is 16.4 Å². The standard InChI is InChI=1S/C6H7N3O2/c1-2-3-9(7)6-4-5(10)8-11-6/h1,4H,3,7H2,(H,8,10). The van der Waals surface area contributed by atoms with Crippen LogP contribution in [0.5, 0.6) is 0 Å². The number of nitrogens with two attached hydrogens (primary N) is 1. The van der Waals surface area contributed by atoms with Gasteiger partial charge in [-0.1, -0.05) is 5.92 Å². The molecule has 1 aromatic heterocycles. The van der Waals surface area contributed by atoms with Crippen LogP contribution in [0, 0.1) is 12.3 Å². The lowest BCUT2D eigenvalue weighted by Gasteiger charge is -2.08. The molecule has 0 atom stereocenters. The van der Waals surface area contributed by atoms with Crippen LogP contribution in [-0.4, -0.2) is 11.7 Å². The van der Waals surface area contributed by atoms with E-state index < -0.39 is 0 Å². The molecule has 1 heterocycles. The second-order valence-electron chi connectivity index (χ2n) is 1.88. The number of aromatic nitrogens is 1. The number of aromatic amines is 1. The summed E-state index contributed by atoms with van der Waals surface area (Å²) in [4.78, 5) is 10.5. The normalized spacial score (nSPS) is 9.09. The SMILES string of the molecule is C#CCN(N)c1cc(=O)[nH]o1. The third-order valence-electron chi connectivity index (χ3n) is 1.06. The van der Waals surface area contributed by atoms with Crippen molar-refractivity contribution < 1.29 is 4.52 Å². The quantitative estimate of drug-likeness (QED) is 0.334. The van der Waals surface area contributed by atoms with Gasteiger partial charge in [-0.3, -0.25) is 9.80 Å². The summed E-state index contributed by atoms with van der Waals surface area (Å²) >= 11 is 0. The molecule has 0 unspecified atom stereocenters. The van der Waals surface area contributed by atoms with Crippen molar-refractivity contribution in [2.45, 2.75) is 0 Å². The summed E-state index contributed by atoms with van der Waals surface area (Å²) in [6, 6.07) is 1.22. The van der Waals surface area contributed by atoms with Gasteiger partial charge in [0.15, 0.2) is 0 Å². The van der Waals surface area contributed by atoms with Gasteiger partial charge in [0.25, 0.3) is 5.56 Å². The van der Waals surface area contributed by atoms with Crippen LogP contribution in [0.2, 0.25) is 0 Å². The average Bonchev–Trinajstić information content (AvgIpc) is 2.36. The van der Waals surface area contributed by atoms with Crippen molar-refractivity contribution in [2.24, 2.45) is 5.84 Å². The van der Waals surface area contributed by atoms with Gasteiger partial charge in [0.05, 0.1) is 12.6 Å². The molecule has 11 heavy (non-hydrogen) atoms. The molecule has 0 aliphatic heterocycles. The van der Waals surface area contributed by atoms with E-state index in [0.717, 1.165) is 5.01 Å². The topological polar surface area (TPSA) is 75.3 Å². The summed E-state index contributed by atoms with van der Waals surface area (Å²) in [5.74, 6) is 7.89. The van der Waals surface area contributed by atoms with Crippen molar-refractivity contribution in [1.29, 1.82) is 0 Å². The molecule has 0 aliphatic carbocycles. The first-order valence-electron chi connectivity index (χ1n) is 2.88. The zero-order valence-corrected chi connectivity index (χ0v) is 5.70. The lowest BCUT2D eigenvalue weighted by atomic mass is 10.6. The number of terminal acetylenes is 1. The summed E-state index contributed by atoms with van der Waals surface area (Å²) in [5.41, 5.74) is -0.340. The molecular formula is C6H7N3O2. The molecule has 0 aromatic carbocycles. The number of hydrogen-bond donors (Lipinski definition) is 2. The highest BCUT2D eigenvalue weighted by molar-refractivity contribution is 5.32. The van der Waals surface area contributed by atoms with Gasteiger partial charge >= 0.3 is 0 Å². The van der Waals surface area contributed by atoms with Gasteiger partial charge in [0, 0.05) is 0 Å². The molecule has 0 spiro atoms. The maximum atomic E-state index is 10.5. The number of hydrogen-bond acceptors (Lipinski definition) is 4. The monoisotopic (exact) mass is 153 g/mol. The minimum atomic E-state index is -0.340. The Morgan fingerprint density at radius 1 is 1.91 bits per heavy atom. The van der Waals surface area contributed by atoms with Gasteiger partial charge in [-0.05, 0) is 0 Å². The summed E-state index contributed by atoms with van der Waals surface area (Å²) in [5, 5.41) is 3.24. The Labute approximate surface area is 62.7 Å². The largest absolute Gasteiger partial charge is 0.359 e. The highest BCUT2D eigenvalue weighted by Crippen LogP contribution is 2.03. The molecule has 0 aliphatic rings. The minimum absolute atomic E-state index is 0.195. The maximum absolute atomic E-state index is 10.5. The fourth-order valence-electron chi connectivity index (χ4n) is 0.591. The van der Waals surface area contributed by atoms with Crippen molar-refractivity contribution >= 4 is 5.88 Å². The van der Waals surface area contributed by atoms with Gasteiger partial charge in [-0.15, -0.1) is 6.42 Å². The smallest absolute Gasteiger partial charge is 0.282 e. The summed E-state index contributed by atoms with van der Waals surface area (Å²) in [7, 11) is 0. The molecule has 0 radical (unpaired) electrons.